The summed E-state index contributed by atoms with van der Waals surface area (Å²) in [5.41, 5.74) is 0. The summed E-state index contributed by atoms with van der Waals surface area (Å²) in [6, 6.07) is 0. The minimum atomic E-state index is 0.0827. The van der Waals surface area contributed by atoms with Crippen LogP contribution in [-0.2, 0) is 4.79 Å². The standard InChI is InChI=1S/C5H12N2O/c1-3-5(8)7-4-6-2/h6H,3-4H2,1-2H3,(H,7,8). The molecule has 3 heteroatoms. The van der Waals surface area contributed by atoms with E-state index in [0.29, 0.717) is 13.1 Å². The summed E-state index contributed by atoms with van der Waals surface area (Å²) < 4.78 is 0. The highest BCUT2D eigenvalue weighted by Gasteiger charge is 1.90. The molecule has 48 valence electrons. The van der Waals surface area contributed by atoms with Crippen molar-refractivity contribution in [3.63, 3.8) is 0 Å². The van der Waals surface area contributed by atoms with Crippen LogP contribution < -0.4 is 10.6 Å². The summed E-state index contributed by atoms with van der Waals surface area (Å²) in [7, 11) is 1.79. The van der Waals surface area contributed by atoms with Gasteiger partial charge in [0.2, 0.25) is 5.91 Å². The van der Waals surface area contributed by atoms with E-state index in [1.165, 1.54) is 0 Å². The van der Waals surface area contributed by atoms with Gasteiger partial charge in [-0.15, -0.1) is 0 Å². The lowest BCUT2D eigenvalue weighted by molar-refractivity contribution is -0.120. The summed E-state index contributed by atoms with van der Waals surface area (Å²) >= 11 is 0. The molecule has 0 spiro atoms. The topological polar surface area (TPSA) is 41.1 Å². The molecule has 8 heavy (non-hydrogen) atoms. The Hall–Kier alpha value is -0.570. The number of hydrogen-bond acceptors (Lipinski definition) is 2. The zero-order valence-corrected chi connectivity index (χ0v) is 5.32. The maximum atomic E-state index is 10.4. The van der Waals surface area contributed by atoms with E-state index in [9.17, 15) is 4.79 Å². The van der Waals surface area contributed by atoms with Crippen LogP contribution in [0.25, 0.3) is 0 Å². The largest absolute Gasteiger partial charge is 0.344 e. The van der Waals surface area contributed by atoms with E-state index in [1.807, 2.05) is 6.92 Å². The van der Waals surface area contributed by atoms with Gasteiger partial charge in [-0.1, -0.05) is 6.92 Å². The molecule has 0 heterocycles. The third-order valence-electron chi connectivity index (χ3n) is 0.783. The van der Waals surface area contributed by atoms with Crippen LogP contribution in [0.15, 0.2) is 0 Å². The lowest BCUT2D eigenvalue weighted by Gasteiger charge is -1.98. The van der Waals surface area contributed by atoms with Crippen LogP contribution in [0, 0.1) is 0 Å². The maximum absolute atomic E-state index is 10.4. The normalized spacial score (nSPS) is 8.75. The van der Waals surface area contributed by atoms with Gasteiger partial charge >= 0.3 is 0 Å². The lowest BCUT2D eigenvalue weighted by atomic mass is 10.5. The number of amides is 1. The molecular formula is C5H12N2O. The van der Waals surface area contributed by atoms with E-state index in [0.717, 1.165) is 0 Å². The monoisotopic (exact) mass is 116 g/mol. The van der Waals surface area contributed by atoms with Crippen molar-refractivity contribution < 1.29 is 4.79 Å². The van der Waals surface area contributed by atoms with Crippen molar-refractivity contribution in [3.8, 4) is 0 Å². The zero-order chi connectivity index (χ0) is 6.41. The Morgan fingerprint density at radius 1 is 1.62 bits per heavy atom. The molecule has 1 amide bonds. The molecule has 0 aliphatic carbocycles. The van der Waals surface area contributed by atoms with E-state index >= 15 is 0 Å². The molecule has 0 aromatic heterocycles. The van der Waals surface area contributed by atoms with Crippen LogP contribution in [0.3, 0.4) is 0 Å². The van der Waals surface area contributed by atoms with Gasteiger partial charge in [0.15, 0.2) is 0 Å². The number of rotatable bonds is 3. The zero-order valence-electron chi connectivity index (χ0n) is 5.32. The van der Waals surface area contributed by atoms with Crippen molar-refractivity contribution in [1.82, 2.24) is 10.6 Å². The minimum absolute atomic E-state index is 0.0827. The molecule has 0 saturated carbocycles. The Balaban J connectivity index is 2.99. The Morgan fingerprint density at radius 3 is 2.62 bits per heavy atom. The molecule has 0 atom stereocenters. The van der Waals surface area contributed by atoms with Crippen molar-refractivity contribution in [2.24, 2.45) is 0 Å². The first-order valence-electron chi connectivity index (χ1n) is 2.72. The predicted octanol–water partition coefficient (Wildman–Crippen LogP) is -0.311. The molecule has 0 aromatic rings. The van der Waals surface area contributed by atoms with Crippen molar-refractivity contribution in [2.45, 2.75) is 13.3 Å². The van der Waals surface area contributed by atoms with Crippen LogP contribution in [0.4, 0.5) is 0 Å². The van der Waals surface area contributed by atoms with Gasteiger partial charge in [-0.05, 0) is 7.05 Å². The van der Waals surface area contributed by atoms with Gasteiger partial charge in [0.05, 0.1) is 6.67 Å². The third-order valence-corrected chi connectivity index (χ3v) is 0.783. The highest BCUT2D eigenvalue weighted by Crippen LogP contribution is 1.70. The smallest absolute Gasteiger partial charge is 0.220 e. The van der Waals surface area contributed by atoms with Crippen molar-refractivity contribution in [2.75, 3.05) is 13.7 Å². The summed E-state index contributed by atoms with van der Waals surface area (Å²) in [5, 5.41) is 5.43. The van der Waals surface area contributed by atoms with Crippen molar-refractivity contribution >= 4 is 5.91 Å². The number of carbonyl (C=O) groups is 1. The second kappa shape index (κ2) is 4.59. The molecule has 3 nitrogen and oxygen atoms in total. The highest BCUT2D eigenvalue weighted by molar-refractivity contribution is 5.75. The van der Waals surface area contributed by atoms with E-state index < -0.39 is 0 Å². The first-order chi connectivity index (χ1) is 3.81. The number of hydrogen-bond donors (Lipinski definition) is 2. The van der Waals surface area contributed by atoms with Crippen LogP contribution in [0.5, 0.6) is 0 Å². The summed E-state index contributed by atoms with van der Waals surface area (Å²) in [6.45, 7) is 2.39. The van der Waals surface area contributed by atoms with E-state index in [4.69, 9.17) is 0 Å². The second-order valence-corrected chi connectivity index (χ2v) is 1.48. The molecule has 2 N–H and O–H groups in total. The Kier molecular flexibility index (Phi) is 4.26. The van der Waals surface area contributed by atoms with Gasteiger partial charge in [0, 0.05) is 6.42 Å². The van der Waals surface area contributed by atoms with Crippen LogP contribution in [0.2, 0.25) is 0 Å². The van der Waals surface area contributed by atoms with Crippen LogP contribution in [0.1, 0.15) is 13.3 Å². The number of carbonyl (C=O) groups excluding carboxylic acids is 1. The average Bonchev–Trinajstić information content (AvgIpc) is 1.83. The molecule has 0 bridgehead atoms. The molecule has 0 fully saturated rings. The predicted molar refractivity (Wildman–Crippen MR) is 32.4 cm³/mol. The van der Waals surface area contributed by atoms with Crippen LogP contribution in [-0.4, -0.2) is 19.6 Å². The fourth-order valence-corrected chi connectivity index (χ4v) is 0.312. The van der Waals surface area contributed by atoms with Crippen molar-refractivity contribution in [1.29, 1.82) is 0 Å². The Bertz CT molecular complexity index is 72.8. The summed E-state index contributed by atoms with van der Waals surface area (Å²) in [4.78, 5) is 10.4. The van der Waals surface area contributed by atoms with Crippen molar-refractivity contribution in [3.05, 3.63) is 0 Å². The lowest BCUT2D eigenvalue weighted by Crippen LogP contribution is -2.30. The quantitative estimate of drug-likeness (QED) is 0.496. The minimum Gasteiger partial charge on any atom is -0.344 e. The van der Waals surface area contributed by atoms with E-state index in [1.54, 1.807) is 7.05 Å². The van der Waals surface area contributed by atoms with Gasteiger partial charge in [-0.25, -0.2) is 0 Å². The van der Waals surface area contributed by atoms with E-state index in [2.05, 4.69) is 10.6 Å². The summed E-state index contributed by atoms with van der Waals surface area (Å²) in [6.07, 6.45) is 0.557. The molecule has 0 rings (SSSR count). The fraction of sp³-hybridized carbons (Fsp3) is 0.800. The molecule has 0 radical (unpaired) electrons. The molecule has 0 aliphatic heterocycles. The number of nitrogens with one attached hydrogen (secondary N) is 2. The van der Waals surface area contributed by atoms with E-state index in [-0.39, 0.29) is 5.91 Å². The van der Waals surface area contributed by atoms with Gasteiger partial charge in [-0.3, -0.25) is 4.79 Å². The average molecular weight is 116 g/mol. The second-order valence-electron chi connectivity index (χ2n) is 1.48. The molecule has 0 aliphatic rings. The highest BCUT2D eigenvalue weighted by atomic mass is 16.1. The van der Waals surface area contributed by atoms with Gasteiger partial charge in [-0.2, -0.15) is 0 Å². The molecule has 0 unspecified atom stereocenters. The van der Waals surface area contributed by atoms with Gasteiger partial charge in [0.25, 0.3) is 0 Å². The molecular weight excluding hydrogens is 104 g/mol. The van der Waals surface area contributed by atoms with Gasteiger partial charge in [0.1, 0.15) is 0 Å². The first-order valence-corrected chi connectivity index (χ1v) is 2.72. The molecule has 0 saturated heterocycles. The fourth-order valence-electron chi connectivity index (χ4n) is 0.312. The SMILES string of the molecule is CCC(=O)NCNC. The first kappa shape index (κ1) is 7.43. The third kappa shape index (κ3) is 3.61. The summed E-state index contributed by atoms with van der Waals surface area (Å²) in [5.74, 6) is 0.0827. The Labute approximate surface area is 49.5 Å². The maximum Gasteiger partial charge on any atom is 0.220 e. The van der Waals surface area contributed by atoms with Crippen LogP contribution >= 0.6 is 0 Å². The molecule has 0 aromatic carbocycles. The van der Waals surface area contributed by atoms with Gasteiger partial charge < -0.3 is 10.6 Å². The Morgan fingerprint density at radius 2 is 2.25 bits per heavy atom.